The van der Waals surface area contributed by atoms with Gasteiger partial charge in [-0.15, -0.1) is 0 Å². The summed E-state index contributed by atoms with van der Waals surface area (Å²) in [6, 6.07) is 14.5. The smallest absolute Gasteiger partial charge is 0.349 e. The van der Waals surface area contributed by atoms with Gasteiger partial charge in [-0.25, -0.2) is 9.36 Å². The van der Waals surface area contributed by atoms with Crippen molar-refractivity contribution < 1.29 is 9.67 Å². The van der Waals surface area contributed by atoms with Crippen LogP contribution in [0.1, 0.15) is 6.92 Å². The Labute approximate surface area is 116 Å². The fourth-order valence-electron chi connectivity index (χ4n) is 2.43. The standard InChI is InChI=1S/C16H14N2O2/c1-2-17-13-10-6-7-11-18(13)16(20)14(15(17)19)12-8-4-3-5-9-12/h3-11H,2H2,1H3. The van der Waals surface area contributed by atoms with E-state index in [2.05, 4.69) is 0 Å². The van der Waals surface area contributed by atoms with Gasteiger partial charge < -0.3 is 5.11 Å². The van der Waals surface area contributed by atoms with Crippen LogP contribution in [-0.2, 0) is 6.54 Å². The number of rotatable bonds is 2. The molecule has 4 heteroatoms. The van der Waals surface area contributed by atoms with Gasteiger partial charge in [0, 0.05) is 6.07 Å². The second kappa shape index (κ2) is 4.81. The Balaban J connectivity index is 2.48. The molecular formula is C16H14N2O2. The first-order chi connectivity index (χ1) is 9.74. The van der Waals surface area contributed by atoms with Crippen LogP contribution in [0.15, 0.2) is 59.5 Å². The molecule has 2 heterocycles. The van der Waals surface area contributed by atoms with Crippen LogP contribution in [0.2, 0.25) is 0 Å². The zero-order valence-electron chi connectivity index (χ0n) is 11.1. The summed E-state index contributed by atoms with van der Waals surface area (Å²) in [5, 5.41) is 12.6. The van der Waals surface area contributed by atoms with Gasteiger partial charge in [-0.2, -0.15) is 4.40 Å². The molecule has 0 saturated heterocycles. The van der Waals surface area contributed by atoms with Crippen LogP contribution in [0.4, 0.5) is 0 Å². The fraction of sp³-hybridized carbons (Fsp3) is 0.125. The van der Waals surface area contributed by atoms with Gasteiger partial charge in [-0.3, -0.25) is 0 Å². The lowest BCUT2D eigenvalue weighted by Gasteiger charge is -2.15. The molecule has 0 unspecified atom stereocenters. The summed E-state index contributed by atoms with van der Waals surface area (Å²) in [5.41, 5.74) is 1.21. The summed E-state index contributed by atoms with van der Waals surface area (Å²) in [7, 11) is 0. The van der Waals surface area contributed by atoms with Crippen LogP contribution in [-0.4, -0.2) is 4.40 Å². The number of benzene rings is 1. The molecule has 0 amide bonds. The van der Waals surface area contributed by atoms with Crippen LogP contribution in [0.25, 0.3) is 16.8 Å². The first kappa shape index (κ1) is 12.4. The zero-order valence-corrected chi connectivity index (χ0v) is 11.1. The lowest BCUT2D eigenvalue weighted by atomic mass is 10.1. The molecule has 0 fully saturated rings. The normalized spacial score (nSPS) is 10.8. The molecule has 0 atom stereocenters. The van der Waals surface area contributed by atoms with Crippen molar-refractivity contribution in [2.45, 2.75) is 13.5 Å². The molecule has 0 N–H and O–H groups in total. The number of aromatic nitrogens is 2. The maximum atomic E-state index is 12.6. The third-order valence-corrected chi connectivity index (χ3v) is 3.39. The monoisotopic (exact) mass is 266 g/mol. The zero-order chi connectivity index (χ0) is 14.1. The quantitative estimate of drug-likeness (QED) is 0.657. The Hall–Kier alpha value is -2.62. The van der Waals surface area contributed by atoms with E-state index in [1.54, 1.807) is 35.0 Å². The minimum atomic E-state index is -0.276. The molecule has 0 aliphatic rings. The number of pyridine rings is 1. The molecule has 0 aliphatic heterocycles. The fourth-order valence-corrected chi connectivity index (χ4v) is 2.43. The van der Waals surface area contributed by atoms with Crippen molar-refractivity contribution in [3.63, 3.8) is 0 Å². The Bertz CT molecular complexity index is 823. The molecule has 3 rings (SSSR count). The van der Waals surface area contributed by atoms with Crippen molar-refractivity contribution in [1.82, 2.24) is 4.40 Å². The molecule has 100 valence electrons. The maximum Gasteiger partial charge on any atom is 0.349 e. The minimum Gasteiger partial charge on any atom is -0.842 e. The van der Waals surface area contributed by atoms with E-state index in [0.29, 0.717) is 17.8 Å². The van der Waals surface area contributed by atoms with Gasteiger partial charge in [-0.05, 0) is 18.6 Å². The second-order valence-electron chi connectivity index (χ2n) is 4.52. The van der Waals surface area contributed by atoms with Gasteiger partial charge in [-0.1, -0.05) is 36.4 Å². The molecule has 0 spiro atoms. The third kappa shape index (κ3) is 1.77. The molecule has 0 bridgehead atoms. The maximum absolute atomic E-state index is 12.6. The molecule has 2 aromatic heterocycles. The highest BCUT2D eigenvalue weighted by molar-refractivity contribution is 5.66. The van der Waals surface area contributed by atoms with Crippen molar-refractivity contribution in [2.24, 2.45) is 0 Å². The SMILES string of the molecule is CC[n+]1c([O-])c(-c2ccccc2)c(=O)n2ccccc21. The predicted octanol–water partition coefficient (Wildman–Crippen LogP) is 1.35. The Morgan fingerprint density at radius 1 is 1.10 bits per heavy atom. The topological polar surface area (TPSA) is 48.4 Å². The summed E-state index contributed by atoms with van der Waals surface area (Å²) in [5.74, 6) is -0.241. The summed E-state index contributed by atoms with van der Waals surface area (Å²) < 4.78 is 3.14. The number of hydrogen-bond acceptors (Lipinski definition) is 2. The van der Waals surface area contributed by atoms with Gasteiger partial charge in [0.15, 0.2) is 0 Å². The molecule has 1 aromatic carbocycles. The van der Waals surface area contributed by atoms with Crippen LogP contribution in [0.5, 0.6) is 5.88 Å². The van der Waals surface area contributed by atoms with E-state index < -0.39 is 0 Å². The van der Waals surface area contributed by atoms with Gasteiger partial charge in [0.1, 0.15) is 5.56 Å². The molecule has 0 aliphatic carbocycles. The van der Waals surface area contributed by atoms with Crippen LogP contribution < -0.4 is 15.2 Å². The molecule has 0 radical (unpaired) electrons. The Morgan fingerprint density at radius 2 is 1.80 bits per heavy atom. The number of aryl methyl sites for hydroxylation is 1. The highest BCUT2D eigenvalue weighted by Gasteiger charge is 2.18. The summed E-state index contributed by atoms with van der Waals surface area (Å²) in [4.78, 5) is 12.6. The summed E-state index contributed by atoms with van der Waals surface area (Å²) in [6.07, 6.45) is 1.69. The Morgan fingerprint density at radius 3 is 2.50 bits per heavy atom. The Kier molecular flexibility index (Phi) is 2.99. The number of fused-ring (bicyclic) bond motifs is 1. The molecule has 3 aromatic rings. The van der Waals surface area contributed by atoms with Crippen molar-refractivity contribution in [2.75, 3.05) is 0 Å². The van der Waals surface area contributed by atoms with Gasteiger partial charge in [0.2, 0.25) is 0 Å². The number of nitrogens with zero attached hydrogens (tertiary/aromatic N) is 2. The van der Waals surface area contributed by atoms with Crippen molar-refractivity contribution in [1.29, 1.82) is 0 Å². The average Bonchev–Trinajstić information content (AvgIpc) is 2.49. The predicted molar refractivity (Wildman–Crippen MR) is 74.4 cm³/mol. The average molecular weight is 266 g/mol. The van der Waals surface area contributed by atoms with Crippen LogP contribution in [0, 0.1) is 0 Å². The van der Waals surface area contributed by atoms with Crippen molar-refractivity contribution in [3.8, 4) is 17.0 Å². The molecule has 0 saturated carbocycles. The van der Waals surface area contributed by atoms with Gasteiger partial charge in [0.25, 0.3) is 5.65 Å². The van der Waals surface area contributed by atoms with Crippen molar-refractivity contribution >= 4 is 5.65 Å². The van der Waals surface area contributed by atoms with Crippen molar-refractivity contribution in [3.05, 3.63) is 65.1 Å². The van der Waals surface area contributed by atoms with Crippen LogP contribution >= 0.6 is 0 Å². The molecular weight excluding hydrogens is 252 g/mol. The highest BCUT2D eigenvalue weighted by Crippen LogP contribution is 2.20. The van der Waals surface area contributed by atoms with E-state index in [9.17, 15) is 9.90 Å². The van der Waals surface area contributed by atoms with E-state index in [0.717, 1.165) is 0 Å². The largest absolute Gasteiger partial charge is 0.842 e. The second-order valence-corrected chi connectivity index (χ2v) is 4.52. The van der Waals surface area contributed by atoms with E-state index in [-0.39, 0.29) is 17.0 Å². The first-order valence-corrected chi connectivity index (χ1v) is 6.53. The third-order valence-electron chi connectivity index (χ3n) is 3.39. The first-order valence-electron chi connectivity index (χ1n) is 6.53. The lowest BCUT2D eigenvalue weighted by Crippen LogP contribution is -2.43. The van der Waals surface area contributed by atoms with Gasteiger partial charge >= 0.3 is 5.56 Å². The lowest BCUT2D eigenvalue weighted by molar-refractivity contribution is -0.712. The van der Waals surface area contributed by atoms with E-state index >= 15 is 0 Å². The van der Waals surface area contributed by atoms with E-state index in [1.807, 2.05) is 31.2 Å². The minimum absolute atomic E-state index is 0.219. The van der Waals surface area contributed by atoms with E-state index in [1.165, 1.54) is 4.40 Å². The van der Waals surface area contributed by atoms with Gasteiger partial charge in [0.05, 0.1) is 18.6 Å². The number of hydrogen-bond donors (Lipinski definition) is 0. The molecule has 20 heavy (non-hydrogen) atoms. The summed E-state index contributed by atoms with van der Waals surface area (Å²) >= 11 is 0. The van der Waals surface area contributed by atoms with Crippen LogP contribution in [0.3, 0.4) is 0 Å². The highest BCUT2D eigenvalue weighted by atomic mass is 16.3. The molecule has 4 nitrogen and oxygen atoms in total. The summed E-state index contributed by atoms with van der Waals surface area (Å²) in [6.45, 7) is 2.42. The van der Waals surface area contributed by atoms with E-state index in [4.69, 9.17) is 0 Å².